The lowest BCUT2D eigenvalue weighted by atomic mass is 9.98. The highest BCUT2D eigenvalue weighted by molar-refractivity contribution is 5.90. The van der Waals surface area contributed by atoms with Crippen LogP contribution in [0, 0.1) is 11.7 Å². The highest BCUT2D eigenvalue weighted by Gasteiger charge is 2.39. The third-order valence-electron chi connectivity index (χ3n) is 5.56. The molecule has 1 aliphatic heterocycles. The van der Waals surface area contributed by atoms with Gasteiger partial charge in [0.15, 0.2) is 0 Å². The van der Waals surface area contributed by atoms with Crippen LogP contribution in [0.15, 0.2) is 48.5 Å². The van der Waals surface area contributed by atoms with Gasteiger partial charge >= 0.3 is 6.18 Å². The molecule has 1 saturated carbocycles. The summed E-state index contributed by atoms with van der Waals surface area (Å²) in [4.78, 5) is 25.1. The number of rotatable bonds is 5. The Morgan fingerprint density at radius 3 is 2.42 bits per heavy atom. The summed E-state index contributed by atoms with van der Waals surface area (Å²) < 4.78 is 52.7. The predicted octanol–water partition coefficient (Wildman–Crippen LogP) is 3.59. The van der Waals surface area contributed by atoms with Gasteiger partial charge in [0.1, 0.15) is 12.0 Å². The fraction of sp³-hybridized carbons (Fsp3) is 0.364. The maximum atomic E-state index is 14.1. The fourth-order valence-electron chi connectivity index (χ4n) is 3.81. The summed E-state index contributed by atoms with van der Waals surface area (Å²) >= 11 is 0. The molecule has 2 aromatic rings. The summed E-state index contributed by atoms with van der Waals surface area (Å²) in [6.45, 7) is 0. The minimum absolute atomic E-state index is 0.0161. The maximum absolute atomic E-state index is 14.1. The van der Waals surface area contributed by atoms with E-state index in [1.807, 2.05) is 30.3 Å². The van der Waals surface area contributed by atoms with Crippen LogP contribution in [0.3, 0.4) is 0 Å². The van der Waals surface area contributed by atoms with Crippen molar-refractivity contribution < 1.29 is 27.2 Å². The first kappa shape index (κ1) is 21.3. The van der Waals surface area contributed by atoms with Gasteiger partial charge in [-0.2, -0.15) is 13.2 Å². The van der Waals surface area contributed by atoms with Crippen molar-refractivity contribution in [3.05, 3.63) is 71.0 Å². The topological polar surface area (TPSA) is 70.2 Å². The Labute approximate surface area is 176 Å². The number of alkyl halides is 3. The van der Waals surface area contributed by atoms with Gasteiger partial charge in [-0.15, -0.1) is 0 Å². The third-order valence-corrected chi connectivity index (χ3v) is 5.56. The van der Waals surface area contributed by atoms with E-state index in [1.165, 1.54) is 6.07 Å². The molecule has 2 fully saturated rings. The van der Waals surface area contributed by atoms with E-state index in [9.17, 15) is 27.2 Å². The molecule has 2 unspecified atom stereocenters. The zero-order valence-corrected chi connectivity index (χ0v) is 16.4. The van der Waals surface area contributed by atoms with E-state index < -0.39 is 41.7 Å². The smallest absolute Gasteiger partial charge is 0.348 e. The van der Waals surface area contributed by atoms with Gasteiger partial charge in [-0.25, -0.2) is 4.39 Å². The summed E-state index contributed by atoms with van der Waals surface area (Å²) in [7, 11) is 0. The van der Waals surface area contributed by atoms with E-state index in [4.69, 9.17) is 0 Å². The SMILES string of the molecule is O=C1CC(C(=O)N[C@@H](c2ccc(C(F)(F)F)c(F)c2)C2CC2)NC(c2ccccc2)N1. The van der Waals surface area contributed by atoms with Gasteiger partial charge in [0.05, 0.1) is 24.1 Å². The molecule has 31 heavy (non-hydrogen) atoms. The molecule has 9 heteroatoms. The Morgan fingerprint density at radius 2 is 1.81 bits per heavy atom. The van der Waals surface area contributed by atoms with Crippen molar-refractivity contribution in [3.8, 4) is 0 Å². The number of benzene rings is 2. The Hall–Kier alpha value is -2.94. The minimum atomic E-state index is -4.78. The number of nitrogens with one attached hydrogen (secondary N) is 3. The second-order valence-corrected chi connectivity index (χ2v) is 7.90. The summed E-state index contributed by atoms with van der Waals surface area (Å²) in [5.41, 5.74) is -0.272. The van der Waals surface area contributed by atoms with Crippen molar-refractivity contribution in [3.63, 3.8) is 0 Å². The Balaban J connectivity index is 1.50. The van der Waals surface area contributed by atoms with E-state index in [2.05, 4.69) is 16.0 Å². The molecule has 0 aromatic heterocycles. The normalized spacial score (nSPS) is 22.5. The molecular formula is C22H21F4N3O2. The third kappa shape index (κ3) is 4.87. The van der Waals surface area contributed by atoms with E-state index in [-0.39, 0.29) is 23.8 Å². The molecule has 1 heterocycles. The van der Waals surface area contributed by atoms with Crippen LogP contribution in [0.4, 0.5) is 17.6 Å². The summed E-state index contributed by atoms with van der Waals surface area (Å²) in [6.07, 6.45) is -3.85. The van der Waals surface area contributed by atoms with Gasteiger partial charge in [-0.1, -0.05) is 36.4 Å². The van der Waals surface area contributed by atoms with E-state index in [0.717, 1.165) is 24.5 Å². The first-order chi connectivity index (χ1) is 14.7. The number of amides is 2. The quantitative estimate of drug-likeness (QED) is 0.629. The van der Waals surface area contributed by atoms with Gasteiger partial charge in [0, 0.05) is 0 Å². The number of carbonyl (C=O) groups excluding carboxylic acids is 2. The second-order valence-electron chi connectivity index (χ2n) is 7.90. The van der Waals surface area contributed by atoms with E-state index in [0.29, 0.717) is 6.07 Å². The van der Waals surface area contributed by atoms with Crippen molar-refractivity contribution in [1.29, 1.82) is 0 Å². The molecular weight excluding hydrogens is 414 g/mol. The Kier molecular flexibility index (Phi) is 5.70. The van der Waals surface area contributed by atoms with E-state index in [1.54, 1.807) is 0 Å². The summed E-state index contributed by atoms with van der Waals surface area (Å²) in [6, 6.07) is 10.4. The zero-order valence-electron chi connectivity index (χ0n) is 16.4. The number of hydrogen-bond donors (Lipinski definition) is 3. The van der Waals surface area contributed by atoms with Crippen LogP contribution < -0.4 is 16.0 Å². The second kappa shape index (κ2) is 8.30. The lowest BCUT2D eigenvalue weighted by Crippen LogP contribution is -2.56. The van der Waals surface area contributed by atoms with Crippen molar-refractivity contribution in [2.45, 2.75) is 43.7 Å². The summed E-state index contributed by atoms with van der Waals surface area (Å²) in [5.74, 6) is -2.10. The predicted molar refractivity (Wildman–Crippen MR) is 104 cm³/mol. The molecule has 3 atom stereocenters. The first-order valence-electron chi connectivity index (χ1n) is 10.00. The van der Waals surface area contributed by atoms with Crippen molar-refractivity contribution in [2.75, 3.05) is 0 Å². The van der Waals surface area contributed by atoms with Crippen LogP contribution in [-0.2, 0) is 15.8 Å². The summed E-state index contributed by atoms with van der Waals surface area (Å²) in [5, 5.41) is 8.68. The van der Waals surface area contributed by atoms with Crippen LogP contribution in [-0.4, -0.2) is 17.9 Å². The highest BCUT2D eigenvalue weighted by atomic mass is 19.4. The number of halogens is 4. The van der Waals surface area contributed by atoms with Gasteiger partial charge in [0.2, 0.25) is 11.8 Å². The minimum Gasteiger partial charge on any atom is -0.348 e. The van der Waals surface area contributed by atoms with Gasteiger partial charge < -0.3 is 10.6 Å². The van der Waals surface area contributed by atoms with Crippen molar-refractivity contribution in [2.24, 2.45) is 5.92 Å². The van der Waals surface area contributed by atoms with Crippen molar-refractivity contribution in [1.82, 2.24) is 16.0 Å². The number of hydrogen-bond acceptors (Lipinski definition) is 3. The molecule has 0 radical (unpaired) electrons. The van der Waals surface area contributed by atoms with Crippen LogP contribution in [0.25, 0.3) is 0 Å². The Bertz CT molecular complexity index is 976. The standard InChI is InChI=1S/C22H21F4N3O2/c23-16-10-14(8-9-15(16)22(24,25)26)19(12-6-7-12)29-21(31)17-11-18(30)28-20(27-17)13-4-2-1-3-5-13/h1-5,8-10,12,17,19-20,27H,6-7,11H2,(H,28,30)(H,29,31)/t17?,19-,20?/m1/s1. The highest BCUT2D eigenvalue weighted by Crippen LogP contribution is 2.42. The first-order valence-corrected chi connectivity index (χ1v) is 10.00. The molecule has 2 amide bonds. The lowest BCUT2D eigenvalue weighted by molar-refractivity contribution is -0.140. The molecule has 2 aliphatic rings. The maximum Gasteiger partial charge on any atom is 0.419 e. The van der Waals surface area contributed by atoms with Crippen LogP contribution in [0.5, 0.6) is 0 Å². The largest absolute Gasteiger partial charge is 0.419 e. The molecule has 0 bridgehead atoms. The van der Waals surface area contributed by atoms with Crippen LogP contribution in [0.1, 0.15) is 48.2 Å². The zero-order chi connectivity index (χ0) is 22.2. The fourth-order valence-corrected chi connectivity index (χ4v) is 3.81. The van der Waals surface area contributed by atoms with Gasteiger partial charge in [0.25, 0.3) is 0 Å². The molecule has 3 N–H and O–H groups in total. The monoisotopic (exact) mass is 435 g/mol. The van der Waals surface area contributed by atoms with Crippen molar-refractivity contribution >= 4 is 11.8 Å². The molecule has 1 aliphatic carbocycles. The molecule has 5 nitrogen and oxygen atoms in total. The molecule has 4 rings (SSSR count). The average Bonchev–Trinajstić information content (AvgIpc) is 3.56. The van der Waals surface area contributed by atoms with Gasteiger partial charge in [-0.3, -0.25) is 14.9 Å². The number of carbonyl (C=O) groups is 2. The molecule has 2 aromatic carbocycles. The Morgan fingerprint density at radius 1 is 1.10 bits per heavy atom. The van der Waals surface area contributed by atoms with E-state index >= 15 is 0 Å². The molecule has 164 valence electrons. The average molecular weight is 435 g/mol. The van der Waals surface area contributed by atoms with Gasteiger partial charge in [-0.05, 0) is 42.0 Å². The lowest BCUT2D eigenvalue weighted by Gasteiger charge is -2.32. The molecule has 1 saturated heterocycles. The van der Waals surface area contributed by atoms with Crippen LogP contribution >= 0.6 is 0 Å². The van der Waals surface area contributed by atoms with Crippen LogP contribution in [0.2, 0.25) is 0 Å². The molecule has 0 spiro atoms.